The maximum atomic E-state index is 11.2. The largest absolute Gasteiger partial charge is 0.465 e. The van der Waals surface area contributed by atoms with Crippen molar-refractivity contribution in [3.05, 3.63) is 0 Å². The molecule has 0 aliphatic heterocycles. The van der Waals surface area contributed by atoms with Gasteiger partial charge < -0.3 is 4.74 Å². The molecule has 142 valence electrons. The molecule has 0 aromatic carbocycles. The molecule has 1 saturated carbocycles. The molecule has 2 nitrogen and oxygen atoms in total. The van der Waals surface area contributed by atoms with E-state index in [0.717, 1.165) is 11.7 Å². The lowest BCUT2D eigenvalue weighted by molar-refractivity contribution is -0.142. The fourth-order valence-corrected chi connectivity index (χ4v) is 4.71. The van der Waals surface area contributed by atoms with Gasteiger partial charge in [0.2, 0.25) is 0 Å². The zero-order chi connectivity index (χ0) is 17.5. The number of halogens is 1. The lowest BCUT2D eigenvalue weighted by Gasteiger charge is -2.20. The SMILES string of the molecule is CC(Br)C(=O)OCCCCCCCCCCCSC1CCCCC1. The van der Waals surface area contributed by atoms with E-state index in [4.69, 9.17) is 4.74 Å². The van der Waals surface area contributed by atoms with Crippen LogP contribution in [0.2, 0.25) is 0 Å². The molecule has 1 unspecified atom stereocenters. The Hall–Kier alpha value is 0.300. The lowest BCUT2D eigenvalue weighted by atomic mass is 10.0. The average Bonchev–Trinajstić information content (AvgIpc) is 2.59. The van der Waals surface area contributed by atoms with Crippen LogP contribution in [0.1, 0.15) is 96.8 Å². The van der Waals surface area contributed by atoms with Gasteiger partial charge in [0, 0.05) is 5.25 Å². The van der Waals surface area contributed by atoms with E-state index in [-0.39, 0.29) is 10.8 Å². The second-order valence-electron chi connectivity index (χ2n) is 7.10. The van der Waals surface area contributed by atoms with Gasteiger partial charge in [-0.1, -0.05) is 80.1 Å². The van der Waals surface area contributed by atoms with Crippen LogP contribution in [0.25, 0.3) is 0 Å². The molecule has 1 aliphatic rings. The maximum Gasteiger partial charge on any atom is 0.319 e. The summed E-state index contributed by atoms with van der Waals surface area (Å²) >= 11 is 5.46. The van der Waals surface area contributed by atoms with E-state index in [1.54, 1.807) is 6.92 Å². The summed E-state index contributed by atoms with van der Waals surface area (Å²) in [5.74, 6) is 1.24. The van der Waals surface area contributed by atoms with E-state index >= 15 is 0 Å². The third-order valence-corrected chi connectivity index (χ3v) is 6.60. The molecule has 0 saturated heterocycles. The summed E-state index contributed by atoms with van der Waals surface area (Å²) in [7, 11) is 0. The highest BCUT2D eigenvalue weighted by molar-refractivity contribution is 9.10. The first-order chi connectivity index (χ1) is 11.7. The molecule has 0 amide bonds. The van der Waals surface area contributed by atoms with Crippen LogP contribution < -0.4 is 0 Å². The fourth-order valence-electron chi connectivity index (χ4n) is 3.21. The Kier molecular flexibility index (Phi) is 14.5. The predicted octanol–water partition coefficient (Wildman–Crippen LogP) is 6.89. The molecular formula is C20H37BrO2S. The van der Waals surface area contributed by atoms with Crippen LogP contribution in [-0.2, 0) is 9.53 Å². The van der Waals surface area contributed by atoms with E-state index in [1.807, 2.05) is 0 Å². The van der Waals surface area contributed by atoms with Gasteiger partial charge in [0.1, 0.15) is 4.83 Å². The number of unbranched alkanes of at least 4 members (excludes halogenated alkanes) is 8. The van der Waals surface area contributed by atoms with Crippen molar-refractivity contribution >= 4 is 33.7 Å². The number of hydrogen-bond donors (Lipinski definition) is 0. The monoisotopic (exact) mass is 420 g/mol. The van der Waals surface area contributed by atoms with Gasteiger partial charge in [0.25, 0.3) is 0 Å². The molecule has 24 heavy (non-hydrogen) atoms. The highest BCUT2D eigenvalue weighted by Crippen LogP contribution is 2.28. The Balaban J connectivity index is 1.72. The minimum atomic E-state index is -0.182. The number of carbonyl (C=O) groups is 1. The van der Waals surface area contributed by atoms with E-state index in [2.05, 4.69) is 27.7 Å². The Morgan fingerprint density at radius 1 is 0.958 bits per heavy atom. The molecule has 1 fully saturated rings. The van der Waals surface area contributed by atoms with Crippen molar-refractivity contribution in [2.75, 3.05) is 12.4 Å². The predicted molar refractivity (Wildman–Crippen MR) is 110 cm³/mol. The maximum absolute atomic E-state index is 11.2. The number of hydrogen-bond acceptors (Lipinski definition) is 3. The molecule has 0 spiro atoms. The van der Waals surface area contributed by atoms with Gasteiger partial charge in [0.15, 0.2) is 0 Å². The second kappa shape index (κ2) is 15.5. The first kappa shape index (κ1) is 22.3. The number of esters is 1. The molecule has 1 atom stereocenters. The van der Waals surface area contributed by atoms with Crippen molar-refractivity contribution in [2.45, 2.75) is 107 Å². The molecule has 0 radical (unpaired) electrons. The van der Waals surface area contributed by atoms with Gasteiger partial charge in [-0.2, -0.15) is 11.8 Å². The molecule has 1 aliphatic carbocycles. The van der Waals surface area contributed by atoms with E-state index in [1.165, 1.54) is 89.2 Å². The standard InChI is InChI=1S/C20H37BrO2S/c1-18(21)20(22)23-16-12-7-5-3-2-4-6-8-13-17-24-19-14-10-9-11-15-19/h18-19H,2-17H2,1H3. The Morgan fingerprint density at radius 2 is 1.50 bits per heavy atom. The van der Waals surface area contributed by atoms with E-state index in [9.17, 15) is 4.79 Å². The molecule has 0 heterocycles. The molecule has 0 bridgehead atoms. The van der Waals surface area contributed by atoms with Crippen LogP contribution in [0, 0.1) is 0 Å². The van der Waals surface area contributed by atoms with E-state index < -0.39 is 0 Å². The van der Waals surface area contributed by atoms with Gasteiger partial charge in [0.05, 0.1) is 6.61 Å². The Morgan fingerprint density at radius 3 is 2.08 bits per heavy atom. The number of carbonyl (C=O) groups excluding carboxylic acids is 1. The highest BCUT2D eigenvalue weighted by atomic mass is 79.9. The normalized spacial score (nSPS) is 16.9. The fraction of sp³-hybridized carbons (Fsp3) is 0.950. The Labute approximate surface area is 162 Å². The van der Waals surface area contributed by atoms with Crippen LogP contribution in [0.5, 0.6) is 0 Å². The minimum absolute atomic E-state index is 0.142. The van der Waals surface area contributed by atoms with Crippen LogP contribution in [0.15, 0.2) is 0 Å². The van der Waals surface area contributed by atoms with Crippen molar-refractivity contribution in [3.8, 4) is 0 Å². The zero-order valence-electron chi connectivity index (χ0n) is 15.6. The molecule has 0 N–H and O–H groups in total. The minimum Gasteiger partial charge on any atom is -0.465 e. The summed E-state index contributed by atoms with van der Waals surface area (Å²) in [6, 6.07) is 0. The topological polar surface area (TPSA) is 26.3 Å². The van der Waals surface area contributed by atoms with Gasteiger partial charge in [-0.05, 0) is 38.4 Å². The zero-order valence-corrected chi connectivity index (χ0v) is 18.0. The van der Waals surface area contributed by atoms with Crippen molar-refractivity contribution in [3.63, 3.8) is 0 Å². The highest BCUT2D eigenvalue weighted by Gasteiger charge is 2.12. The van der Waals surface area contributed by atoms with Crippen LogP contribution in [0.3, 0.4) is 0 Å². The second-order valence-corrected chi connectivity index (χ2v) is 9.88. The smallest absolute Gasteiger partial charge is 0.319 e. The van der Waals surface area contributed by atoms with Crippen LogP contribution in [0.4, 0.5) is 0 Å². The lowest BCUT2D eigenvalue weighted by Crippen LogP contribution is -2.14. The molecular weight excluding hydrogens is 384 g/mol. The summed E-state index contributed by atoms with van der Waals surface area (Å²) in [6.45, 7) is 2.38. The summed E-state index contributed by atoms with van der Waals surface area (Å²) in [5.41, 5.74) is 0. The molecule has 1 rings (SSSR count). The summed E-state index contributed by atoms with van der Waals surface area (Å²) < 4.78 is 5.14. The summed E-state index contributed by atoms with van der Waals surface area (Å²) in [4.78, 5) is 11.1. The third kappa shape index (κ3) is 12.6. The van der Waals surface area contributed by atoms with Gasteiger partial charge >= 0.3 is 5.97 Å². The van der Waals surface area contributed by atoms with Crippen molar-refractivity contribution in [1.82, 2.24) is 0 Å². The van der Waals surface area contributed by atoms with Crippen molar-refractivity contribution in [2.24, 2.45) is 0 Å². The number of ether oxygens (including phenoxy) is 1. The molecule has 4 heteroatoms. The first-order valence-corrected chi connectivity index (χ1v) is 12.1. The van der Waals surface area contributed by atoms with Crippen LogP contribution >= 0.6 is 27.7 Å². The van der Waals surface area contributed by atoms with Gasteiger partial charge in [-0.15, -0.1) is 0 Å². The van der Waals surface area contributed by atoms with Gasteiger partial charge in [-0.25, -0.2) is 0 Å². The van der Waals surface area contributed by atoms with E-state index in [0.29, 0.717) is 6.61 Å². The first-order valence-electron chi connectivity index (χ1n) is 10.1. The van der Waals surface area contributed by atoms with Crippen molar-refractivity contribution in [1.29, 1.82) is 0 Å². The molecule has 0 aromatic rings. The molecule has 0 aromatic heterocycles. The summed E-state index contributed by atoms with van der Waals surface area (Å²) in [6.07, 6.45) is 19.1. The van der Waals surface area contributed by atoms with Gasteiger partial charge in [-0.3, -0.25) is 4.79 Å². The number of thioether (sulfide) groups is 1. The number of rotatable bonds is 14. The van der Waals surface area contributed by atoms with Crippen molar-refractivity contribution < 1.29 is 9.53 Å². The third-order valence-electron chi connectivity index (χ3n) is 4.76. The average molecular weight is 421 g/mol. The number of alkyl halides is 1. The quantitative estimate of drug-likeness (QED) is 0.174. The Bertz CT molecular complexity index is 304. The summed E-state index contributed by atoms with van der Waals surface area (Å²) in [5, 5.41) is 0.982. The van der Waals surface area contributed by atoms with Crippen LogP contribution in [-0.4, -0.2) is 28.4 Å².